The molecule has 21 heavy (non-hydrogen) atoms. The predicted octanol–water partition coefficient (Wildman–Crippen LogP) is 2.59. The molecule has 0 aliphatic carbocycles. The molecule has 0 saturated heterocycles. The van der Waals surface area contributed by atoms with Crippen LogP contribution in [0.15, 0.2) is 17.0 Å². The molecule has 3 N–H and O–H groups in total. The molecule has 0 amide bonds. The van der Waals surface area contributed by atoms with Crippen LogP contribution in [0.25, 0.3) is 0 Å². The fourth-order valence-electron chi connectivity index (χ4n) is 1.88. The average molecular weight is 354 g/mol. The Morgan fingerprint density at radius 2 is 1.86 bits per heavy atom. The number of nitrogens with one attached hydrogen (secondary N) is 1. The lowest BCUT2D eigenvalue weighted by Crippen LogP contribution is -2.30. The molecule has 0 atom stereocenters. The van der Waals surface area contributed by atoms with Gasteiger partial charge in [0.1, 0.15) is 4.90 Å². The molecule has 1 rings (SSSR count). The Morgan fingerprint density at radius 3 is 2.43 bits per heavy atom. The molecule has 0 aromatic heterocycles. The molecule has 5 nitrogen and oxygen atoms in total. The highest BCUT2D eigenvalue weighted by molar-refractivity contribution is 7.89. The number of nitrogens with two attached hydrogens (primary N) is 1. The molecule has 0 bridgehead atoms. The van der Waals surface area contributed by atoms with Crippen molar-refractivity contribution in [1.29, 1.82) is 0 Å². The van der Waals surface area contributed by atoms with Crippen LogP contribution < -0.4 is 10.5 Å². The topological polar surface area (TPSA) is 75.4 Å². The van der Waals surface area contributed by atoms with Crippen LogP contribution >= 0.6 is 23.2 Å². The summed E-state index contributed by atoms with van der Waals surface area (Å²) in [5, 5.41) is 0.194. The zero-order chi connectivity index (χ0) is 16.0. The van der Waals surface area contributed by atoms with E-state index in [-0.39, 0.29) is 20.6 Å². The number of anilines is 1. The van der Waals surface area contributed by atoms with Crippen LogP contribution in [0.3, 0.4) is 0 Å². The maximum absolute atomic E-state index is 12.2. The van der Waals surface area contributed by atoms with Gasteiger partial charge >= 0.3 is 0 Å². The minimum Gasteiger partial charge on any atom is -0.396 e. The van der Waals surface area contributed by atoms with Crippen molar-refractivity contribution in [2.75, 3.05) is 31.9 Å². The third-order valence-corrected chi connectivity index (χ3v) is 5.57. The van der Waals surface area contributed by atoms with E-state index in [1.165, 1.54) is 12.1 Å². The van der Waals surface area contributed by atoms with Crippen molar-refractivity contribution >= 4 is 38.9 Å². The quantitative estimate of drug-likeness (QED) is 0.556. The minimum atomic E-state index is -3.68. The molecule has 0 aliphatic rings. The molecule has 0 radical (unpaired) electrons. The van der Waals surface area contributed by atoms with Crippen molar-refractivity contribution in [2.24, 2.45) is 0 Å². The lowest BCUT2D eigenvalue weighted by molar-refractivity contribution is 0.300. The maximum Gasteiger partial charge on any atom is 0.242 e. The number of nitrogen functional groups attached to an aromatic ring is 1. The number of halogens is 2. The van der Waals surface area contributed by atoms with Gasteiger partial charge in [-0.1, -0.05) is 37.0 Å². The van der Waals surface area contributed by atoms with Crippen molar-refractivity contribution in [2.45, 2.75) is 25.2 Å². The fraction of sp³-hybridized carbons (Fsp3) is 0.538. The Labute approximate surface area is 136 Å². The summed E-state index contributed by atoms with van der Waals surface area (Å²) in [6.45, 7) is 7.23. The van der Waals surface area contributed by atoms with Crippen molar-refractivity contribution in [1.82, 2.24) is 9.62 Å². The first-order valence-corrected chi connectivity index (χ1v) is 9.02. The largest absolute Gasteiger partial charge is 0.396 e. The standard InChI is InChI=1S/C13H21Cl2N3O2S/c1-3-18(4-2)9-5-8-17-21(19,20)11-7-6-10(14)13(16)12(11)15/h6-7,17H,3-5,8-9,16H2,1-2H3. The van der Waals surface area contributed by atoms with E-state index in [9.17, 15) is 8.42 Å². The fourth-order valence-corrected chi connectivity index (χ4v) is 3.72. The van der Waals surface area contributed by atoms with Gasteiger partial charge < -0.3 is 10.6 Å². The summed E-state index contributed by atoms with van der Waals surface area (Å²) in [6, 6.07) is 2.78. The number of rotatable bonds is 8. The summed E-state index contributed by atoms with van der Waals surface area (Å²) < 4.78 is 26.9. The van der Waals surface area contributed by atoms with Gasteiger partial charge in [0.05, 0.1) is 15.7 Å². The predicted molar refractivity (Wildman–Crippen MR) is 88.5 cm³/mol. The Hall–Kier alpha value is -0.530. The van der Waals surface area contributed by atoms with E-state index in [4.69, 9.17) is 28.9 Å². The van der Waals surface area contributed by atoms with Crippen LogP contribution in [0.2, 0.25) is 10.0 Å². The van der Waals surface area contributed by atoms with E-state index in [0.29, 0.717) is 6.54 Å². The third-order valence-electron chi connectivity index (χ3n) is 3.22. The molecule has 0 aliphatic heterocycles. The first-order valence-electron chi connectivity index (χ1n) is 6.79. The van der Waals surface area contributed by atoms with E-state index in [2.05, 4.69) is 23.5 Å². The second-order valence-electron chi connectivity index (χ2n) is 4.55. The first kappa shape index (κ1) is 18.5. The van der Waals surface area contributed by atoms with Crippen LogP contribution in [-0.4, -0.2) is 39.5 Å². The van der Waals surface area contributed by atoms with Gasteiger partial charge in [-0.3, -0.25) is 0 Å². The molecular formula is C13H21Cl2N3O2S. The number of hydrogen-bond acceptors (Lipinski definition) is 4. The lowest BCUT2D eigenvalue weighted by atomic mass is 10.3. The van der Waals surface area contributed by atoms with Crippen molar-refractivity contribution in [3.8, 4) is 0 Å². The molecule has 0 saturated carbocycles. The summed E-state index contributed by atoms with van der Waals surface area (Å²) in [7, 11) is -3.68. The number of sulfonamides is 1. The molecule has 0 fully saturated rings. The van der Waals surface area contributed by atoms with Gasteiger partial charge in [-0.15, -0.1) is 0 Å². The normalized spacial score (nSPS) is 12.0. The number of benzene rings is 1. The minimum absolute atomic E-state index is 0.0428. The monoisotopic (exact) mass is 353 g/mol. The maximum atomic E-state index is 12.2. The molecule has 0 unspecified atom stereocenters. The summed E-state index contributed by atoms with van der Waals surface area (Å²) in [5.41, 5.74) is 5.72. The molecule has 8 heteroatoms. The van der Waals surface area contributed by atoms with E-state index in [0.717, 1.165) is 26.1 Å². The van der Waals surface area contributed by atoms with Crippen LogP contribution in [-0.2, 0) is 10.0 Å². The zero-order valence-electron chi connectivity index (χ0n) is 12.2. The van der Waals surface area contributed by atoms with E-state index < -0.39 is 10.0 Å². The summed E-state index contributed by atoms with van der Waals surface area (Å²) in [4.78, 5) is 2.18. The van der Waals surface area contributed by atoms with Crippen LogP contribution in [0.5, 0.6) is 0 Å². The zero-order valence-corrected chi connectivity index (χ0v) is 14.5. The van der Waals surface area contributed by atoms with Crippen LogP contribution in [0.1, 0.15) is 20.3 Å². The van der Waals surface area contributed by atoms with E-state index >= 15 is 0 Å². The first-order chi connectivity index (χ1) is 9.83. The highest BCUT2D eigenvalue weighted by Crippen LogP contribution is 2.32. The highest BCUT2D eigenvalue weighted by atomic mass is 35.5. The Morgan fingerprint density at radius 1 is 1.24 bits per heavy atom. The van der Waals surface area contributed by atoms with Gasteiger partial charge in [-0.05, 0) is 38.2 Å². The number of hydrogen-bond donors (Lipinski definition) is 2. The second kappa shape index (κ2) is 8.19. The lowest BCUT2D eigenvalue weighted by Gasteiger charge is -2.17. The van der Waals surface area contributed by atoms with Gasteiger partial charge in [0, 0.05) is 6.54 Å². The van der Waals surface area contributed by atoms with E-state index in [1.54, 1.807) is 0 Å². The molecule has 1 aromatic rings. The Bertz CT molecular complexity index is 575. The summed E-state index contributed by atoms with van der Waals surface area (Å²) in [5.74, 6) is 0. The SMILES string of the molecule is CCN(CC)CCCNS(=O)(=O)c1ccc(Cl)c(N)c1Cl. The molecular weight excluding hydrogens is 333 g/mol. The summed E-state index contributed by atoms with van der Waals surface area (Å²) >= 11 is 11.8. The summed E-state index contributed by atoms with van der Waals surface area (Å²) in [6.07, 6.45) is 0.724. The van der Waals surface area contributed by atoms with Gasteiger partial charge in [-0.25, -0.2) is 13.1 Å². The second-order valence-corrected chi connectivity index (χ2v) is 7.07. The van der Waals surface area contributed by atoms with Crippen molar-refractivity contribution < 1.29 is 8.42 Å². The third kappa shape index (κ3) is 5.00. The number of nitrogens with zero attached hydrogens (tertiary/aromatic N) is 1. The van der Waals surface area contributed by atoms with Crippen molar-refractivity contribution in [3.63, 3.8) is 0 Å². The average Bonchev–Trinajstić information content (AvgIpc) is 2.44. The molecule has 1 aromatic carbocycles. The van der Waals surface area contributed by atoms with Gasteiger partial charge in [-0.2, -0.15) is 0 Å². The van der Waals surface area contributed by atoms with Crippen molar-refractivity contribution in [3.05, 3.63) is 22.2 Å². The smallest absolute Gasteiger partial charge is 0.242 e. The molecule has 0 heterocycles. The molecule has 0 spiro atoms. The highest BCUT2D eigenvalue weighted by Gasteiger charge is 2.20. The van der Waals surface area contributed by atoms with E-state index in [1.807, 2.05) is 0 Å². The Kier molecular flexibility index (Phi) is 7.23. The molecule has 120 valence electrons. The van der Waals surface area contributed by atoms with Gasteiger partial charge in [0.15, 0.2) is 0 Å². The van der Waals surface area contributed by atoms with Gasteiger partial charge in [0.2, 0.25) is 10.0 Å². The Balaban J connectivity index is 2.69. The van der Waals surface area contributed by atoms with Crippen LogP contribution in [0.4, 0.5) is 5.69 Å². The van der Waals surface area contributed by atoms with Crippen LogP contribution in [0, 0.1) is 0 Å². The van der Waals surface area contributed by atoms with Gasteiger partial charge in [0.25, 0.3) is 0 Å².